The summed E-state index contributed by atoms with van der Waals surface area (Å²) in [6, 6.07) is -0.128. The Hall–Kier alpha value is -1.25. The van der Waals surface area contributed by atoms with Crippen molar-refractivity contribution in [1.29, 1.82) is 0 Å². The lowest BCUT2D eigenvalue weighted by Gasteiger charge is -2.51. The average molecular weight is 301 g/mol. The molecular weight excluding hydrogens is 282 g/mol. The zero-order valence-electron chi connectivity index (χ0n) is 11.1. The Morgan fingerprint density at radius 2 is 2.40 bits per heavy atom. The van der Waals surface area contributed by atoms with E-state index in [0.717, 1.165) is 4.91 Å². The number of fused-ring (bicyclic) bond motifs is 1. The van der Waals surface area contributed by atoms with E-state index in [1.54, 1.807) is 6.92 Å². The molecule has 0 amide bonds. The number of aliphatic imine (C=N–C) groups is 1. The van der Waals surface area contributed by atoms with Crippen molar-refractivity contribution in [1.82, 2.24) is 4.90 Å². The van der Waals surface area contributed by atoms with Gasteiger partial charge in [0.15, 0.2) is 0 Å². The Labute approximate surface area is 121 Å². The minimum absolute atomic E-state index is 0.128. The van der Waals surface area contributed by atoms with Gasteiger partial charge in [-0.05, 0) is 6.92 Å². The Morgan fingerprint density at radius 1 is 1.70 bits per heavy atom. The second kappa shape index (κ2) is 6.02. The number of rotatable bonds is 6. The molecule has 0 saturated carbocycles. The predicted molar refractivity (Wildman–Crippen MR) is 76.1 cm³/mol. The van der Waals surface area contributed by atoms with Crippen molar-refractivity contribution in [3.8, 4) is 0 Å². The van der Waals surface area contributed by atoms with E-state index in [0.29, 0.717) is 18.7 Å². The van der Waals surface area contributed by atoms with Gasteiger partial charge in [-0.2, -0.15) is 0 Å². The minimum atomic E-state index is -1.04. The SMILES string of the molecule is CC(O)C1C(O)N2C(C(=O)O)=C(SCCN=CN)CC12. The van der Waals surface area contributed by atoms with Crippen LogP contribution in [0.2, 0.25) is 0 Å². The third kappa shape index (κ3) is 2.50. The highest BCUT2D eigenvalue weighted by molar-refractivity contribution is 8.03. The molecule has 2 aliphatic heterocycles. The predicted octanol–water partition coefficient (Wildman–Crippen LogP) is -0.594. The molecule has 0 aromatic heterocycles. The maximum atomic E-state index is 11.4. The van der Waals surface area contributed by atoms with Crippen molar-refractivity contribution in [2.45, 2.75) is 31.7 Å². The van der Waals surface area contributed by atoms with Crippen molar-refractivity contribution in [2.75, 3.05) is 12.3 Å². The van der Waals surface area contributed by atoms with E-state index in [4.69, 9.17) is 5.73 Å². The second-order valence-electron chi connectivity index (χ2n) is 4.89. The van der Waals surface area contributed by atoms with Crippen LogP contribution in [0.25, 0.3) is 0 Å². The number of carboxylic acids is 1. The standard InChI is InChI=1S/C12H19N3O4S/c1-6(16)9-7-4-8(20-3-2-14-5-13)10(12(18)19)15(7)11(9)17/h5-7,9,11,16-17H,2-4H2,1H3,(H2,13,14)(H,18,19). The van der Waals surface area contributed by atoms with Crippen LogP contribution in [-0.2, 0) is 4.79 Å². The van der Waals surface area contributed by atoms with E-state index in [9.17, 15) is 20.1 Å². The molecular formula is C12H19N3O4S. The summed E-state index contributed by atoms with van der Waals surface area (Å²) in [4.78, 5) is 17.5. The Kier molecular flexibility index (Phi) is 4.56. The first-order valence-corrected chi connectivity index (χ1v) is 7.41. The number of aliphatic hydroxyl groups excluding tert-OH is 2. The van der Waals surface area contributed by atoms with Gasteiger partial charge in [0, 0.05) is 23.1 Å². The van der Waals surface area contributed by atoms with Crippen LogP contribution in [0.15, 0.2) is 15.6 Å². The monoisotopic (exact) mass is 301 g/mol. The van der Waals surface area contributed by atoms with Gasteiger partial charge in [-0.25, -0.2) is 4.79 Å². The van der Waals surface area contributed by atoms with Crippen LogP contribution in [0.5, 0.6) is 0 Å². The molecule has 2 heterocycles. The van der Waals surface area contributed by atoms with Gasteiger partial charge in [0.05, 0.1) is 24.9 Å². The number of carboxylic acid groups (broad SMARTS) is 1. The van der Waals surface area contributed by atoms with Crippen LogP contribution in [0.4, 0.5) is 0 Å². The van der Waals surface area contributed by atoms with Crippen molar-refractivity contribution in [3.63, 3.8) is 0 Å². The number of thioether (sulfide) groups is 1. The molecule has 7 nitrogen and oxygen atoms in total. The van der Waals surface area contributed by atoms with Crippen LogP contribution in [0.3, 0.4) is 0 Å². The fraction of sp³-hybridized carbons (Fsp3) is 0.667. The summed E-state index contributed by atoms with van der Waals surface area (Å²) >= 11 is 1.42. The molecule has 112 valence electrons. The van der Waals surface area contributed by atoms with Gasteiger partial charge in [-0.15, -0.1) is 11.8 Å². The summed E-state index contributed by atoms with van der Waals surface area (Å²) in [5, 5.41) is 29.0. The molecule has 4 atom stereocenters. The molecule has 0 aliphatic carbocycles. The Balaban J connectivity index is 2.09. The van der Waals surface area contributed by atoms with Gasteiger partial charge in [0.2, 0.25) is 0 Å². The molecule has 1 fully saturated rings. The summed E-state index contributed by atoms with van der Waals surface area (Å²) in [5.74, 6) is -0.708. The number of carbonyl (C=O) groups is 1. The highest BCUT2D eigenvalue weighted by Crippen LogP contribution is 2.49. The van der Waals surface area contributed by atoms with Crippen molar-refractivity contribution in [3.05, 3.63) is 10.6 Å². The number of hydrogen-bond acceptors (Lipinski definition) is 6. The summed E-state index contributed by atoms with van der Waals surface area (Å²) < 4.78 is 0. The van der Waals surface area contributed by atoms with Gasteiger partial charge < -0.3 is 26.0 Å². The molecule has 5 N–H and O–H groups in total. The topological polar surface area (TPSA) is 119 Å². The molecule has 8 heteroatoms. The fourth-order valence-electron chi connectivity index (χ4n) is 2.85. The fourth-order valence-corrected chi connectivity index (χ4v) is 3.91. The van der Waals surface area contributed by atoms with Crippen LogP contribution in [-0.4, -0.2) is 63.2 Å². The molecule has 0 aromatic rings. The number of aliphatic hydroxyl groups is 2. The Morgan fingerprint density at radius 3 is 2.95 bits per heavy atom. The van der Waals surface area contributed by atoms with E-state index in [1.165, 1.54) is 23.0 Å². The number of nitrogens with zero attached hydrogens (tertiary/aromatic N) is 2. The largest absolute Gasteiger partial charge is 0.477 e. The molecule has 1 saturated heterocycles. The van der Waals surface area contributed by atoms with Crippen molar-refractivity contribution >= 4 is 24.1 Å². The maximum Gasteiger partial charge on any atom is 0.353 e. The number of hydrogen-bond donors (Lipinski definition) is 4. The lowest BCUT2D eigenvalue weighted by atomic mass is 9.82. The van der Waals surface area contributed by atoms with E-state index in [-0.39, 0.29) is 17.7 Å². The van der Waals surface area contributed by atoms with Crippen LogP contribution >= 0.6 is 11.8 Å². The Bertz CT molecular complexity index is 452. The zero-order valence-corrected chi connectivity index (χ0v) is 12.0. The lowest BCUT2D eigenvalue weighted by molar-refractivity contribution is -0.185. The normalized spacial score (nSPS) is 30.6. The van der Waals surface area contributed by atoms with E-state index in [2.05, 4.69) is 4.99 Å². The molecule has 0 bridgehead atoms. The summed E-state index contributed by atoms with van der Waals surface area (Å²) in [6.07, 6.45) is 0.187. The first kappa shape index (κ1) is 15.1. The second-order valence-corrected chi connectivity index (χ2v) is 6.08. The highest BCUT2D eigenvalue weighted by atomic mass is 32.2. The maximum absolute atomic E-state index is 11.4. The third-order valence-corrected chi connectivity index (χ3v) is 4.80. The van der Waals surface area contributed by atoms with Crippen molar-refractivity contribution < 1.29 is 20.1 Å². The first-order chi connectivity index (χ1) is 9.49. The molecule has 0 aromatic carbocycles. The third-order valence-electron chi connectivity index (χ3n) is 3.71. The zero-order chi connectivity index (χ0) is 14.9. The molecule has 0 spiro atoms. The lowest BCUT2D eigenvalue weighted by Crippen LogP contribution is -2.64. The van der Waals surface area contributed by atoms with Gasteiger partial charge >= 0.3 is 5.97 Å². The first-order valence-electron chi connectivity index (χ1n) is 6.42. The molecule has 0 radical (unpaired) electrons. The number of aliphatic carboxylic acids is 1. The molecule has 2 rings (SSSR count). The number of nitrogens with two attached hydrogens (primary N) is 1. The quantitative estimate of drug-likeness (QED) is 0.294. The minimum Gasteiger partial charge on any atom is -0.477 e. The van der Waals surface area contributed by atoms with Crippen LogP contribution in [0, 0.1) is 5.92 Å². The van der Waals surface area contributed by atoms with E-state index >= 15 is 0 Å². The van der Waals surface area contributed by atoms with Gasteiger partial charge in [-0.1, -0.05) is 0 Å². The van der Waals surface area contributed by atoms with Gasteiger partial charge in [-0.3, -0.25) is 4.99 Å². The van der Waals surface area contributed by atoms with Gasteiger partial charge in [0.25, 0.3) is 0 Å². The molecule has 20 heavy (non-hydrogen) atoms. The van der Waals surface area contributed by atoms with Crippen LogP contribution < -0.4 is 5.73 Å². The van der Waals surface area contributed by atoms with Crippen molar-refractivity contribution in [2.24, 2.45) is 16.6 Å². The average Bonchev–Trinajstić information content (AvgIpc) is 2.69. The van der Waals surface area contributed by atoms with Gasteiger partial charge in [0.1, 0.15) is 11.9 Å². The molecule has 2 aliphatic rings. The van der Waals surface area contributed by atoms with Crippen LogP contribution in [0.1, 0.15) is 13.3 Å². The highest BCUT2D eigenvalue weighted by Gasteiger charge is 2.56. The van der Waals surface area contributed by atoms with E-state index in [1.807, 2.05) is 0 Å². The molecule has 4 unspecified atom stereocenters. The summed E-state index contributed by atoms with van der Waals surface area (Å²) in [5.41, 5.74) is 5.30. The smallest absolute Gasteiger partial charge is 0.353 e. The van der Waals surface area contributed by atoms with E-state index < -0.39 is 18.3 Å². The summed E-state index contributed by atoms with van der Waals surface area (Å²) in [7, 11) is 0. The summed E-state index contributed by atoms with van der Waals surface area (Å²) in [6.45, 7) is 2.14.